The number of hydrogen-bond acceptors (Lipinski definition) is 2. The van der Waals surface area contributed by atoms with Gasteiger partial charge in [-0.1, -0.05) is 66.7 Å². The van der Waals surface area contributed by atoms with Gasteiger partial charge in [-0.15, -0.1) is 0 Å². The van der Waals surface area contributed by atoms with Gasteiger partial charge in [-0.25, -0.2) is 0 Å². The number of aryl methyl sites for hydroxylation is 1. The number of carbonyl (C=O) groups excluding carboxylic acids is 1. The topological polar surface area (TPSA) is 31.2 Å². The quantitative estimate of drug-likeness (QED) is 0.354. The Balaban J connectivity index is 1.33. The first kappa shape index (κ1) is 19.5. The minimum atomic E-state index is -0.0818. The maximum absolute atomic E-state index is 12.6. The van der Waals surface area contributed by atoms with E-state index < -0.39 is 0 Å². The molecular weight excluding hydrogens is 358 g/mol. The van der Waals surface area contributed by atoms with Crippen LogP contribution in [0.5, 0.6) is 0 Å². The third-order valence-corrected chi connectivity index (χ3v) is 5.73. The van der Waals surface area contributed by atoms with Gasteiger partial charge in [-0.2, -0.15) is 0 Å². The first-order chi connectivity index (χ1) is 14.3. The molecule has 0 bridgehead atoms. The Labute approximate surface area is 173 Å². The highest BCUT2D eigenvalue weighted by atomic mass is 16.5. The van der Waals surface area contributed by atoms with E-state index in [0.717, 1.165) is 32.2 Å². The zero-order valence-electron chi connectivity index (χ0n) is 16.9. The van der Waals surface area contributed by atoms with Crippen LogP contribution in [0.3, 0.4) is 0 Å². The molecule has 0 saturated heterocycles. The number of nitrogens with zero attached hydrogens (tertiary/aromatic N) is 1. The zero-order valence-corrected chi connectivity index (χ0v) is 16.9. The zero-order chi connectivity index (χ0) is 19.9. The molecule has 2 aromatic carbocycles. The second kappa shape index (κ2) is 9.60. The minimum absolute atomic E-state index is 0.0735. The molecule has 0 spiro atoms. The molecule has 3 nitrogen and oxygen atoms in total. The molecule has 4 rings (SSSR count). The number of aromatic nitrogens is 1. The van der Waals surface area contributed by atoms with E-state index in [1.54, 1.807) is 0 Å². The summed E-state index contributed by atoms with van der Waals surface area (Å²) in [4.78, 5) is 12.6. The molecule has 1 unspecified atom stereocenters. The highest BCUT2D eigenvalue weighted by Gasteiger charge is 2.24. The van der Waals surface area contributed by atoms with Crippen molar-refractivity contribution in [2.24, 2.45) is 5.92 Å². The van der Waals surface area contributed by atoms with Crippen LogP contribution in [0, 0.1) is 5.92 Å². The van der Waals surface area contributed by atoms with Crippen molar-refractivity contribution < 1.29 is 9.53 Å². The lowest BCUT2D eigenvalue weighted by atomic mass is 9.88. The van der Waals surface area contributed by atoms with Crippen LogP contribution < -0.4 is 0 Å². The molecule has 0 amide bonds. The second-order valence-electron chi connectivity index (χ2n) is 7.97. The van der Waals surface area contributed by atoms with E-state index in [4.69, 9.17) is 4.74 Å². The monoisotopic (exact) mass is 387 g/mol. The van der Waals surface area contributed by atoms with Gasteiger partial charge >= 0.3 is 5.97 Å². The molecular formula is C26H29NO2. The average Bonchev–Trinajstić information content (AvgIpc) is 3.17. The molecule has 0 radical (unpaired) electrons. The molecule has 0 saturated carbocycles. The molecule has 1 aromatic heterocycles. The Morgan fingerprint density at radius 1 is 1.03 bits per heavy atom. The van der Waals surface area contributed by atoms with Gasteiger partial charge in [0.15, 0.2) is 0 Å². The first-order valence-corrected chi connectivity index (χ1v) is 10.7. The van der Waals surface area contributed by atoms with Crippen molar-refractivity contribution in [3.8, 4) is 0 Å². The highest BCUT2D eigenvalue weighted by Crippen LogP contribution is 2.25. The largest absolute Gasteiger partial charge is 0.461 e. The number of benzene rings is 2. The summed E-state index contributed by atoms with van der Waals surface area (Å²) in [6.45, 7) is 0.830. The molecule has 1 aliphatic carbocycles. The lowest BCUT2D eigenvalue weighted by Gasteiger charge is -2.27. The average molecular weight is 388 g/mol. The van der Waals surface area contributed by atoms with E-state index in [9.17, 15) is 4.79 Å². The van der Waals surface area contributed by atoms with Crippen molar-refractivity contribution in [2.75, 3.05) is 0 Å². The molecule has 150 valence electrons. The van der Waals surface area contributed by atoms with Crippen LogP contribution >= 0.6 is 0 Å². The smallest absolute Gasteiger partial charge is 0.306 e. The van der Waals surface area contributed by atoms with Gasteiger partial charge in [-0.3, -0.25) is 4.79 Å². The van der Waals surface area contributed by atoms with E-state index in [-0.39, 0.29) is 12.1 Å². The standard InChI is InChI=1S/C26H29NO2/c28-26(16-9-17-27-19-23-14-7-8-15-24(23)20-27)29-25(22-12-5-2-6-13-22)18-21-10-3-1-4-11-21/h1,3-5,7-8,10-12,14-15,19-20,22,25H,2,6,9,13,16-18H2/t22?,25-/m0/s1. The number of ether oxygens (including phenoxy) is 1. The van der Waals surface area contributed by atoms with E-state index in [0.29, 0.717) is 12.3 Å². The maximum atomic E-state index is 12.6. The number of rotatable bonds is 8. The lowest BCUT2D eigenvalue weighted by molar-refractivity contribution is -0.151. The summed E-state index contributed by atoms with van der Waals surface area (Å²) >= 11 is 0. The van der Waals surface area contributed by atoms with E-state index in [1.807, 2.05) is 18.2 Å². The molecule has 29 heavy (non-hydrogen) atoms. The predicted octanol–water partition coefficient (Wildman–Crippen LogP) is 5.93. The molecule has 2 atom stereocenters. The normalized spacial score (nSPS) is 17.3. The number of hydrogen-bond donors (Lipinski definition) is 0. The molecule has 0 fully saturated rings. The Kier molecular flexibility index (Phi) is 6.45. The van der Waals surface area contributed by atoms with Crippen molar-refractivity contribution in [1.82, 2.24) is 4.57 Å². The van der Waals surface area contributed by atoms with Crippen LogP contribution in [0.1, 0.15) is 37.7 Å². The van der Waals surface area contributed by atoms with Gasteiger partial charge < -0.3 is 9.30 Å². The van der Waals surface area contributed by atoms with Crippen molar-refractivity contribution in [1.29, 1.82) is 0 Å². The molecule has 1 aliphatic rings. The van der Waals surface area contributed by atoms with E-state index >= 15 is 0 Å². The third-order valence-electron chi connectivity index (χ3n) is 5.73. The van der Waals surface area contributed by atoms with Gasteiger partial charge in [0.1, 0.15) is 6.10 Å². The third kappa shape index (κ3) is 5.38. The van der Waals surface area contributed by atoms with Crippen molar-refractivity contribution in [3.63, 3.8) is 0 Å². The van der Waals surface area contributed by atoms with Gasteiger partial charge in [0, 0.05) is 37.7 Å². The van der Waals surface area contributed by atoms with E-state index in [1.165, 1.54) is 22.8 Å². The van der Waals surface area contributed by atoms with Crippen LogP contribution in [0.2, 0.25) is 0 Å². The highest BCUT2D eigenvalue weighted by molar-refractivity contribution is 5.82. The summed E-state index contributed by atoms with van der Waals surface area (Å²) in [5, 5.41) is 2.48. The van der Waals surface area contributed by atoms with Crippen LogP contribution in [0.4, 0.5) is 0 Å². The van der Waals surface area contributed by atoms with Crippen molar-refractivity contribution >= 4 is 16.7 Å². The van der Waals surface area contributed by atoms with Crippen LogP contribution in [-0.2, 0) is 22.5 Å². The second-order valence-corrected chi connectivity index (χ2v) is 7.97. The summed E-state index contributed by atoms with van der Waals surface area (Å²) in [7, 11) is 0. The Bertz CT molecular complexity index is 924. The first-order valence-electron chi connectivity index (χ1n) is 10.7. The Hall–Kier alpha value is -2.81. The molecule has 1 heterocycles. The number of carbonyl (C=O) groups is 1. The number of fused-ring (bicyclic) bond motifs is 1. The van der Waals surface area contributed by atoms with Gasteiger partial charge in [0.05, 0.1) is 0 Å². The fourth-order valence-electron chi connectivity index (χ4n) is 4.18. The summed E-state index contributed by atoms with van der Waals surface area (Å²) in [5.74, 6) is 0.240. The Morgan fingerprint density at radius 2 is 1.76 bits per heavy atom. The van der Waals surface area contributed by atoms with E-state index in [2.05, 4.69) is 65.5 Å². The summed E-state index contributed by atoms with van der Waals surface area (Å²) in [5.41, 5.74) is 1.23. The van der Waals surface area contributed by atoms with Crippen LogP contribution in [0.15, 0.2) is 79.1 Å². The minimum Gasteiger partial charge on any atom is -0.461 e. The Morgan fingerprint density at radius 3 is 2.45 bits per heavy atom. The van der Waals surface area contributed by atoms with Gasteiger partial charge in [0.2, 0.25) is 0 Å². The van der Waals surface area contributed by atoms with Crippen molar-refractivity contribution in [2.45, 2.75) is 51.2 Å². The van der Waals surface area contributed by atoms with Crippen molar-refractivity contribution in [3.05, 3.63) is 84.7 Å². The molecule has 3 aromatic rings. The van der Waals surface area contributed by atoms with Gasteiger partial charge in [-0.05, 0) is 42.0 Å². The number of allylic oxidation sites excluding steroid dienone is 1. The lowest BCUT2D eigenvalue weighted by Crippen LogP contribution is -2.29. The predicted molar refractivity (Wildman–Crippen MR) is 118 cm³/mol. The molecule has 0 N–H and O–H groups in total. The molecule has 0 aliphatic heterocycles. The maximum Gasteiger partial charge on any atom is 0.306 e. The SMILES string of the molecule is O=C(CCCn1cc2ccccc2c1)O[C@@H](Cc1ccccc1)C1C=CCCC1. The van der Waals surface area contributed by atoms with Crippen LogP contribution in [0.25, 0.3) is 10.8 Å². The fraction of sp³-hybridized carbons (Fsp3) is 0.346. The number of esters is 1. The molecule has 3 heteroatoms. The van der Waals surface area contributed by atoms with Crippen LogP contribution in [-0.4, -0.2) is 16.6 Å². The summed E-state index contributed by atoms with van der Waals surface area (Å²) < 4.78 is 8.16. The summed E-state index contributed by atoms with van der Waals surface area (Å²) in [6, 6.07) is 18.7. The van der Waals surface area contributed by atoms with Gasteiger partial charge in [0.25, 0.3) is 0 Å². The fourth-order valence-corrected chi connectivity index (χ4v) is 4.18. The summed E-state index contributed by atoms with van der Waals surface area (Å²) in [6.07, 6.45) is 14.1.